The molecule has 0 heterocycles. The summed E-state index contributed by atoms with van der Waals surface area (Å²) in [7, 11) is 0. The molecule has 0 saturated carbocycles. The Labute approximate surface area is 76.0 Å². The van der Waals surface area contributed by atoms with Gasteiger partial charge in [0, 0.05) is 5.56 Å². The van der Waals surface area contributed by atoms with E-state index in [1.807, 2.05) is 0 Å². The Balaban J connectivity index is 0.00000121. The first kappa shape index (κ1) is 10.9. The Bertz CT molecular complexity index is 301. The molecule has 0 aliphatic rings. The van der Waals surface area contributed by atoms with Crippen LogP contribution in [0.4, 0.5) is 4.39 Å². The van der Waals surface area contributed by atoms with Gasteiger partial charge in [0.1, 0.15) is 5.82 Å². The largest absolute Gasteiger partial charge is 0.366 e. The summed E-state index contributed by atoms with van der Waals surface area (Å²) >= 11 is 0. The lowest BCUT2D eigenvalue weighted by Crippen LogP contribution is -2.11. The zero-order valence-corrected chi connectivity index (χ0v) is 7.32. The van der Waals surface area contributed by atoms with Crippen molar-refractivity contribution in [3.63, 3.8) is 0 Å². The SMILES string of the molecule is Cc1cc(C(N)=O)ccc1F.Cl. The Morgan fingerprint density at radius 3 is 2.50 bits per heavy atom. The first-order valence-electron chi connectivity index (χ1n) is 3.17. The lowest BCUT2D eigenvalue weighted by Gasteiger charge is -1.97. The van der Waals surface area contributed by atoms with Crippen molar-refractivity contribution in [2.75, 3.05) is 0 Å². The van der Waals surface area contributed by atoms with Crippen LogP contribution in [0, 0.1) is 12.7 Å². The van der Waals surface area contributed by atoms with Gasteiger partial charge in [0.25, 0.3) is 0 Å². The minimum absolute atomic E-state index is 0. The highest BCUT2D eigenvalue weighted by Gasteiger charge is 2.02. The molecule has 66 valence electrons. The van der Waals surface area contributed by atoms with Crippen LogP contribution in [0.15, 0.2) is 18.2 Å². The van der Waals surface area contributed by atoms with Gasteiger partial charge in [-0.1, -0.05) is 0 Å². The van der Waals surface area contributed by atoms with E-state index in [-0.39, 0.29) is 18.2 Å². The predicted octanol–water partition coefficient (Wildman–Crippen LogP) is 1.65. The fourth-order valence-electron chi connectivity index (χ4n) is 0.798. The summed E-state index contributed by atoms with van der Waals surface area (Å²) < 4.78 is 12.6. The molecule has 0 radical (unpaired) electrons. The van der Waals surface area contributed by atoms with E-state index in [0.29, 0.717) is 11.1 Å². The second kappa shape index (κ2) is 4.07. The number of benzene rings is 1. The number of rotatable bonds is 1. The molecule has 0 fully saturated rings. The molecule has 1 rings (SSSR count). The quantitative estimate of drug-likeness (QED) is 0.718. The molecule has 0 unspecified atom stereocenters. The van der Waals surface area contributed by atoms with Crippen LogP contribution < -0.4 is 5.73 Å². The van der Waals surface area contributed by atoms with Crippen molar-refractivity contribution in [2.45, 2.75) is 6.92 Å². The summed E-state index contributed by atoms with van der Waals surface area (Å²) in [4.78, 5) is 10.6. The van der Waals surface area contributed by atoms with E-state index in [0.717, 1.165) is 0 Å². The molecule has 2 nitrogen and oxygen atoms in total. The van der Waals surface area contributed by atoms with Gasteiger partial charge in [0.2, 0.25) is 5.91 Å². The predicted molar refractivity (Wildman–Crippen MR) is 46.9 cm³/mol. The van der Waals surface area contributed by atoms with E-state index >= 15 is 0 Å². The van der Waals surface area contributed by atoms with E-state index < -0.39 is 5.91 Å². The van der Waals surface area contributed by atoms with Gasteiger partial charge in [-0.05, 0) is 30.7 Å². The third kappa shape index (κ3) is 2.20. The summed E-state index contributed by atoms with van der Waals surface area (Å²) in [6.45, 7) is 1.59. The molecule has 0 aliphatic heterocycles. The fraction of sp³-hybridized carbons (Fsp3) is 0.125. The van der Waals surface area contributed by atoms with Gasteiger partial charge in [0.05, 0.1) is 0 Å². The van der Waals surface area contributed by atoms with E-state index in [4.69, 9.17) is 5.73 Å². The third-order valence-corrected chi connectivity index (χ3v) is 1.44. The second-order valence-electron chi connectivity index (χ2n) is 2.33. The van der Waals surface area contributed by atoms with Crippen molar-refractivity contribution in [3.05, 3.63) is 35.1 Å². The number of halogens is 2. The second-order valence-corrected chi connectivity index (χ2v) is 2.33. The van der Waals surface area contributed by atoms with Gasteiger partial charge < -0.3 is 5.73 Å². The molecule has 2 N–H and O–H groups in total. The van der Waals surface area contributed by atoms with Gasteiger partial charge in [-0.3, -0.25) is 4.79 Å². The van der Waals surface area contributed by atoms with E-state index in [9.17, 15) is 9.18 Å². The number of hydrogen-bond acceptors (Lipinski definition) is 1. The van der Waals surface area contributed by atoms with Crippen LogP contribution in [0.25, 0.3) is 0 Å². The van der Waals surface area contributed by atoms with Crippen molar-refractivity contribution in [1.82, 2.24) is 0 Å². The molecular formula is C8H9ClFNO. The van der Waals surface area contributed by atoms with Crippen LogP contribution >= 0.6 is 12.4 Å². The number of aryl methyl sites for hydroxylation is 1. The van der Waals surface area contributed by atoms with Crippen LogP contribution in [0.1, 0.15) is 15.9 Å². The summed E-state index contributed by atoms with van der Waals surface area (Å²) in [6.07, 6.45) is 0. The molecule has 0 saturated heterocycles. The van der Waals surface area contributed by atoms with E-state index in [1.54, 1.807) is 6.92 Å². The summed E-state index contributed by atoms with van der Waals surface area (Å²) in [6, 6.07) is 4.03. The first-order chi connectivity index (χ1) is 5.11. The molecule has 0 spiro atoms. The Morgan fingerprint density at radius 1 is 1.50 bits per heavy atom. The summed E-state index contributed by atoms with van der Waals surface area (Å²) in [5.41, 5.74) is 5.74. The molecule has 0 aromatic heterocycles. The maximum Gasteiger partial charge on any atom is 0.248 e. The van der Waals surface area contributed by atoms with Crippen molar-refractivity contribution in [2.24, 2.45) is 5.73 Å². The molecule has 1 amide bonds. The summed E-state index contributed by atoms with van der Waals surface area (Å²) in [5.74, 6) is -0.858. The minimum atomic E-state index is -0.534. The number of carbonyl (C=O) groups excluding carboxylic acids is 1. The molecular weight excluding hydrogens is 181 g/mol. The van der Waals surface area contributed by atoms with Crippen LogP contribution in [0.2, 0.25) is 0 Å². The van der Waals surface area contributed by atoms with Crippen LogP contribution in [0.5, 0.6) is 0 Å². The third-order valence-electron chi connectivity index (χ3n) is 1.44. The number of primary amides is 1. The van der Waals surface area contributed by atoms with Gasteiger partial charge in [0.15, 0.2) is 0 Å². The molecule has 0 aliphatic carbocycles. The van der Waals surface area contributed by atoms with Crippen molar-refractivity contribution < 1.29 is 9.18 Å². The Kier molecular flexibility index (Phi) is 3.70. The van der Waals surface area contributed by atoms with Crippen LogP contribution in [-0.2, 0) is 0 Å². The van der Waals surface area contributed by atoms with Crippen molar-refractivity contribution in [1.29, 1.82) is 0 Å². The minimum Gasteiger partial charge on any atom is -0.366 e. The molecule has 0 atom stereocenters. The fourth-order valence-corrected chi connectivity index (χ4v) is 0.798. The van der Waals surface area contributed by atoms with Gasteiger partial charge in [-0.2, -0.15) is 0 Å². The van der Waals surface area contributed by atoms with Gasteiger partial charge >= 0.3 is 0 Å². The Hall–Kier alpha value is -1.09. The van der Waals surface area contributed by atoms with Crippen LogP contribution in [-0.4, -0.2) is 5.91 Å². The maximum absolute atomic E-state index is 12.6. The lowest BCUT2D eigenvalue weighted by molar-refractivity contribution is 0.1000. The average Bonchev–Trinajstić information content (AvgIpc) is 1.94. The smallest absolute Gasteiger partial charge is 0.248 e. The average molecular weight is 190 g/mol. The normalized spacial score (nSPS) is 8.83. The van der Waals surface area contributed by atoms with Gasteiger partial charge in [-0.25, -0.2) is 4.39 Å². The standard InChI is InChI=1S/C8H8FNO.ClH/c1-5-4-6(8(10)11)2-3-7(5)9;/h2-4H,1H3,(H2,10,11);1H. The number of nitrogens with two attached hydrogens (primary N) is 1. The number of hydrogen-bond donors (Lipinski definition) is 1. The highest BCUT2D eigenvalue weighted by molar-refractivity contribution is 5.92. The monoisotopic (exact) mass is 189 g/mol. The zero-order valence-electron chi connectivity index (χ0n) is 6.50. The van der Waals surface area contributed by atoms with Crippen molar-refractivity contribution in [3.8, 4) is 0 Å². The lowest BCUT2D eigenvalue weighted by atomic mass is 10.1. The highest BCUT2D eigenvalue weighted by atomic mass is 35.5. The topological polar surface area (TPSA) is 43.1 Å². The first-order valence-corrected chi connectivity index (χ1v) is 3.17. The number of carbonyl (C=O) groups is 1. The molecule has 0 bridgehead atoms. The maximum atomic E-state index is 12.6. The van der Waals surface area contributed by atoms with E-state index in [1.165, 1.54) is 18.2 Å². The molecule has 1 aromatic rings. The van der Waals surface area contributed by atoms with E-state index in [2.05, 4.69) is 0 Å². The zero-order chi connectivity index (χ0) is 8.43. The highest BCUT2D eigenvalue weighted by Crippen LogP contribution is 2.07. The van der Waals surface area contributed by atoms with Gasteiger partial charge in [-0.15, -0.1) is 12.4 Å². The van der Waals surface area contributed by atoms with Crippen molar-refractivity contribution >= 4 is 18.3 Å². The molecule has 12 heavy (non-hydrogen) atoms. The van der Waals surface area contributed by atoms with Crippen LogP contribution in [0.3, 0.4) is 0 Å². The molecule has 1 aromatic carbocycles. The molecule has 4 heteroatoms. The Morgan fingerprint density at radius 2 is 2.08 bits per heavy atom. The number of amides is 1. The summed E-state index contributed by atoms with van der Waals surface area (Å²) in [5, 5.41) is 0.